The van der Waals surface area contributed by atoms with Gasteiger partial charge in [-0.05, 0) is 53.7 Å². The average Bonchev–Trinajstić information content (AvgIpc) is 2.34. The summed E-state index contributed by atoms with van der Waals surface area (Å²) < 4.78 is 10.3. The number of guanidine groups is 1. The van der Waals surface area contributed by atoms with E-state index in [2.05, 4.69) is 20.6 Å². The fraction of sp³-hybridized carbons (Fsp3) is 0.500. The highest BCUT2D eigenvalue weighted by Gasteiger charge is 2.21. The molecule has 132 valence electrons. The Morgan fingerprint density at radius 1 is 0.958 bits per heavy atom. The quantitative estimate of drug-likeness (QED) is 0.606. The third-order valence-electron chi connectivity index (χ3n) is 2.11. The number of nitrogens with one attached hydrogen (secondary N) is 2. The highest BCUT2D eigenvalue weighted by atomic mass is 16.6. The fourth-order valence-corrected chi connectivity index (χ4v) is 1.42. The molecule has 0 fully saturated rings. The molecule has 0 aromatic carbocycles. The largest absolute Gasteiger partial charge is 0.444 e. The van der Waals surface area contributed by atoms with Gasteiger partial charge in [0, 0.05) is 6.20 Å². The first-order valence-corrected chi connectivity index (χ1v) is 7.44. The van der Waals surface area contributed by atoms with E-state index in [4.69, 9.17) is 9.47 Å². The average molecular weight is 336 g/mol. The first-order valence-electron chi connectivity index (χ1n) is 7.44. The minimum Gasteiger partial charge on any atom is -0.444 e. The molecule has 2 amide bonds. The Morgan fingerprint density at radius 2 is 1.46 bits per heavy atom. The lowest BCUT2D eigenvalue weighted by molar-refractivity contribution is 0.0545. The highest BCUT2D eigenvalue weighted by Crippen LogP contribution is 2.09. The number of pyridine rings is 1. The minimum atomic E-state index is -0.756. The Bertz CT molecular complexity index is 569. The second-order valence-electron chi connectivity index (χ2n) is 6.90. The second-order valence-corrected chi connectivity index (χ2v) is 6.90. The van der Waals surface area contributed by atoms with Crippen molar-refractivity contribution >= 4 is 24.0 Å². The molecule has 0 aliphatic heterocycles. The number of amides is 2. The van der Waals surface area contributed by atoms with Crippen molar-refractivity contribution in [1.82, 2.24) is 15.6 Å². The molecule has 0 spiro atoms. The van der Waals surface area contributed by atoms with Crippen LogP contribution in [0.1, 0.15) is 41.5 Å². The molecular formula is C16H24N4O4. The zero-order valence-electron chi connectivity index (χ0n) is 14.8. The van der Waals surface area contributed by atoms with Crippen LogP contribution in [0.2, 0.25) is 0 Å². The minimum absolute atomic E-state index is 0.141. The third kappa shape index (κ3) is 8.72. The van der Waals surface area contributed by atoms with Crippen LogP contribution in [0, 0.1) is 0 Å². The Morgan fingerprint density at radius 3 is 1.83 bits per heavy atom. The van der Waals surface area contributed by atoms with E-state index in [9.17, 15) is 9.59 Å². The summed E-state index contributed by atoms with van der Waals surface area (Å²) in [6, 6.07) is 5.07. The first-order chi connectivity index (χ1) is 10.9. The molecule has 0 aliphatic carbocycles. The van der Waals surface area contributed by atoms with Crippen LogP contribution in [0.3, 0.4) is 0 Å². The smallest absolute Gasteiger partial charge is 0.414 e. The van der Waals surface area contributed by atoms with Gasteiger partial charge >= 0.3 is 12.2 Å². The maximum absolute atomic E-state index is 11.9. The summed E-state index contributed by atoms with van der Waals surface area (Å²) in [7, 11) is 0. The molecule has 0 saturated heterocycles. The molecule has 1 heterocycles. The van der Waals surface area contributed by atoms with Crippen molar-refractivity contribution in [2.24, 2.45) is 4.99 Å². The van der Waals surface area contributed by atoms with Crippen LogP contribution in [-0.2, 0) is 9.47 Å². The Hall–Kier alpha value is -2.64. The van der Waals surface area contributed by atoms with Crippen LogP contribution in [0.15, 0.2) is 29.4 Å². The molecule has 2 N–H and O–H groups in total. The van der Waals surface area contributed by atoms with Crippen LogP contribution in [0.5, 0.6) is 0 Å². The summed E-state index contributed by atoms with van der Waals surface area (Å²) in [5, 5.41) is 4.75. The van der Waals surface area contributed by atoms with E-state index in [0.717, 1.165) is 0 Å². The van der Waals surface area contributed by atoms with Gasteiger partial charge in [-0.2, -0.15) is 4.99 Å². The van der Waals surface area contributed by atoms with Gasteiger partial charge in [0.2, 0.25) is 5.96 Å². The van der Waals surface area contributed by atoms with Crippen LogP contribution >= 0.6 is 0 Å². The number of hydrogen-bond donors (Lipinski definition) is 2. The van der Waals surface area contributed by atoms with E-state index in [-0.39, 0.29) is 5.96 Å². The standard InChI is InChI=1S/C16H24N4O4/c1-15(2,3)23-13(21)19-12(18-11-9-7-8-10-17-11)20-14(22)24-16(4,5)6/h7-10H,1-6H3,(H2,17,18,19,20,21,22). The zero-order chi connectivity index (χ0) is 18.4. The molecule has 8 nitrogen and oxygen atoms in total. The summed E-state index contributed by atoms with van der Waals surface area (Å²) in [5.41, 5.74) is -1.38. The molecular weight excluding hydrogens is 312 g/mol. The second kappa shape index (κ2) is 7.76. The van der Waals surface area contributed by atoms with E-state index < -0.39 is 23.4 Å². The summed E-state index contributed by atoms with van der Waals surface area (Å²) in [6.07, 6.45) is 0.0266. The van der Waals surface area contributed by atoms with Crippen LogP contribution in [0.25, 0.3) is 0 Å². The van der Waals surface area contributed by atoms with Crippen LogP contribution in [0.4, 0.5) is 15.4 Å². The number of rotatable bonds is 1. The molecule has 1 aromatic rings. The topological polar surface area (TPSA) is 102 Å². The van der Waals surface area contributed by atoms with Crippen molar-refractivity contribution in [3.05, 3.63) is 24.4 Å². The fourth-order valence-electron chi connectivity index (χ4n) is 1.42. The number of nitrogens with zero attached hydrogens (tertiary/aromatic N) is 2. The number of carbonyl (C=O) groups is 2. The number of aromatic nitrogens is 1. The maximum atomic E-state index is 11.9. The summed E-state index contributed by atoms with van der Waals surface area (Å²) in [5.74, 6) is 0.164. The molecule has 0 aliphatic rings. The predicted octanol–water partition coefficient (Wildman–Crippen LogP) is 3.12. The van der Waals surface area contributed by atoms with E-state index in [1.807, 2.05) is 0 Å². The Labute approximate surface area is 141 Å². The number of ether oxygens (including phenoxy) is 2. The summed E-state index contributed by atoms with van der Waals surface area (Å²) >= 11 is 0. The zero-order valence-corrected chi connectivity index (χ0v) is 14.8. The molecule has 0 atom stereocenters. The van der Waals surface area contributed by atoms with Crippen LogP contribution < -0.4 is 10.6 Å². The molecule has 24 heavy (non-hydrogen) atoms. The predicted molar refractivity (Wildman–Crippen MR) is 90.1 cm³/mol. The van der Waals surface area contributed by atoms with Crippen molar-refractivity contribution < 1.29 is 19.1 Å². The van der Waals surface area contributed by atoms with Gasteiger partial charge in [-0.3, -0.25) is 10.6 Å². The van der Waals surface area contributed by atoms with E-state index in [1.165, 1.54) is 6.20 Å². The Kier molecular flexibility index (Phi) is 6.27. The number of alkyl carbamates (subject to hydrolysis) is 2. The number of aliphatic imine (C=N–C) groups is 1. The van der Waals surface area contributed by atoms with Crippen molar-refractivity contribution in [2.75, 3.05) is 0 Å². The van der Waals surface area contributed by atoms with Gasteiger partial charge in [0.1, 0.15) is 11.2 Å². The summed E-state index contributed by atoms with van der Waals surface area (Å²) in [4.78, 5) is 31.9. The van der Waals surface area contributed by atoms with Crippen LogP contribution in [-0.4, -0.2) is 34.3 Å². The van der Waals surface area contributed by atoms with Crippen molar-refractivity contribution in [3.8, 4) is 0 Å². The van der Waals surface area contributed by atoms with Gasteiger partial charge in [0.05, 0.1) is 0 Å². The van der Waals surface area contributed by atoms with E-state index >= 15 is 0 Å². The highest BCUT2D eigenvalue weighted by molar-refractivity contribution is 6.02. The molecule has 0 bridgehead atoms. The molecule has 0 radical (unpaired) electrons. The van der Waals surface area contributed by atoms with Gasteiger partial charge in [0.15, 0.2) is 5.82 Å². The van der Waals surface area contributed by atoms with E-state index in [1.54, 1.807) is 59.7 Å². The van der Waals surface area contributed by atoms with Gasteiger partial charge in [-0.25, -0.2) is 14.6 Å². The van der Waals surface area contributed by atoms with Gasteiger partial charge in [0.25, 0.3) is 0 Å². The molecule has 0 saturated carbocycles. The lowest BCUT2D eigenvalue weighted by Crippen LogP contribution is -2.47. The van der Waals surface area contributed by atoms with Crippen molar-refractivity contribution in [3.63, 3.8) is 0 Å². The van der Waals surface area contributed by atoms with Gasteiger partial charge in [-0.15, -0.1) is 0 Å². The molecule has 0 unspecified atom stereocenters. The normalized spacial score (nSPS) is 11.2. The lowest BCUT2D eigenvalue weighted by Gasteiger charge is -2.22. The molecule has 1 aromatic heterocycles. The number of carbonyl (C=O) groups excluding carboxylic acids is 2. The SMILES string of the molecule is CC(C)(C)OC(=O)NC(=Nc1ccccn1)NC(=O)OC(C)(C)C. The lowest BCUT2D eigenvalue weighted by atomic mass is 10.2. The van der Waals surface area contributed by atoms with Gasteiger partial charge in [-0.1, -0.05) is 6.07 Å². The summed E-state index contributed by atoms with van der Waals surface area (Å²) in [6.45, 7) is 10.4. The third-order valence-corrected chi connectivity index (χ3v) is 2.11. The Balaban J connectivity index is 2.90. The van der Waals surface area contributed by atoms with Crippen molar-refractivity contribution in [2.45, 2.75) is 52.7 Å². The maximum Gasteiger partial charge on any atom is 0.414 e. The monoisotopic (exact) mass is 336 g/mol. The molecule has 8 heteroatoms. The molecule has 1 rings (SSSR count). The first kappa shape index (κ1) is 19.4. The van der Waals surface area contributed by atoms with E-state index in [0.29, 0.717) is 5.82 Å². The number of hydrogen-bond acceptors (Lipinski definition) is 6. The van der Waals surface area contributed by atoms with Crippen molar-refractivity contribution in [1.29, 1.82) is 0 Å². The van der Waals surface area contributed by atoms with Gasteiger partial charge < -0.3 is 9.47 Å².